The molecule has 0 aliphatic carbocycles. The van der Waals surface area contributed by atoms with E-state index in [2.05, 4.69) is 21.6 Å². The van der Waals surface area contributed by atoms with Crippen molar-refractivity contribution in [3.8, 4) is 0 Å². The Morgan fingerprint density at radius 3 is 2.60 bits per heavy atom. The fourth-order valence-electron chi connectivity index (χ4n) is 6.74. The highest BCUT2D eigenvalue weighted by atomic mass is 19.1. The molecule has 3 aromatic rings. The lowest BCUT2D eigenvalue weighted by molar-refractivity contribution is -0.383. The van der Waals surface area contributed by atoms with Gasteiger partial charge in [0.05, 0.1) is 4.92 Å². The van der Waals surface area contributed by atoms with Gasteiger partial charge in [0.25, 0.3) is 5.69 Å². The Hall–Kier alpha value is -4.05. The number of piperidine rings is 1. The molecule has 0 aromatic heterocycles. The first-order valence-corrected chi connectivity index (χ1v) is 13.9. The first-order valence-electron chi connectivity index (χ1n) is 13.9. The fourth-order valence-corrected chi connectivity index (χ4v) is 6.74. The maximum Gasteiger partial charge on any atom is 0.318 e. The summed E-state index contributed by atoms with van der Waals surface area (Å²) in [6, 6.07) is 16.7. The highest BCUT2D eigenvalue weighted by Gasteiger charge is 2.44. The summed E-state index contributed by atoms with van der Waals surface area (Å²) in [6.45, 7) is 1.22. The van der Waals surface area contributed by atoms with Crippen LogP contribution in [0.3, 0.4) is 0 Å². The zero-order chi connectivity index (χ0) is 27.8. The molecule has 6 rings (SSSR count). The van der Waals surface area contributed by atoms with Crippen molar-refractivity contribution >= 4 is 34.1 Å². The molecule has 10 heteroatoms. The number of fused-ring (bicyclic) bond motifs is 3. The van der Waals surface area contributed by atoms with Crippen molar-refractivity contribution in [3.63, 3.8) is 0 Å². The molecule has 3 amide bonds. The van der Waals surface area contributed by atoms with E-state index in [4.69, 9.17) is 0 Å². The summed E-state index contributed by atoms with van der Waals surface area (Å²) in [7, 11) is 0. The van der Waals surface area contributed by atoms with Crippen LogP contribution in [0.5, 0.6) is 0 Å². The zero-order valence-electron chi connectivity index (χ0n) is 22.1. The van der Waals surface area contributed by atoms with E-state index in [0.717, 1.165) is 48.6 Å². The number of nitro groups is 1. The lowest BCUT2D eigenvalue weighted by Gasteiger charge is -2.41. The molecule has 3 aliphatic heterocycles. The molecular formula is C30H32FN5O4. The van der Waals surface area contributed by atoms with Crippen LogP contribution in [-0.4, -0.2) is 57.4 Å². The Labute approximate surface area is 231 Å². The fraction of sp³-hybridized carbons (Fsp3) is 0.400. The Balaban J connectivity index is 1.12. The van der Waals surface area contributed by atoms with Crippen molar-refractivity contribution in [2.24, 2.45) is 0 Å². The molecule has 3 aliphatic rings. The van der Waals surface area contributed by atoms with Gasteiger partial charge in [-0.1, -0.05) is 30.3 Å². The first-order chi connectivity index (χ1) is 19.4. The second-order valence-corrected chi connectivity index (χ2v) is 11.0. The minimum absolute atomic E-state index is 0.0275. The van der Waals surface area contributed by atoms with Gasteiger partial charge in [-0.2, -0.15) is 0 Å². The van der Waals surface area contributed by atoms with Crippen LogP contribution in [-0.2, 0) is 11.3 Å². The van der Waals surface area contributed by atoms with E-state index in [1.807, 2.05) is 12.1 Å². The van der Waals surface area contributed by atoms with Gasteiger partial charge in [0.2, 0.25) is 5.91 Å². The number of carbonyl (C=O) groups is 2. The molecule has 3 fully saturated rings. The molecule has 3 heterocycles. The number of benzene rings is 3. The number of halogens is 1. The highest BCUT2D eigenvalue weighted by molar-refractivity contribution is 5.98. The van der Waals surface area contributed by atoms with Crippen LogP contribution < -0.4 is 10.6 Å². The minimum Gasteiger partial charge on any atom is -0.334 e. The van der Waals surface area contributed by atoms with Crippen molar-refractivity contribution in [1.82, 2.24) is 15.1 Å². The molecule has 4 atom stereocenters. The van der Waals surface area contributed by atoms with Gasteiger partial charge in [-0.3, -0.25) is 19.8 Å². The van der Waals surface area contributed by atoms with Gasteiger partial charge in [-0.05, 0) is 79.1 Å². The van der Waals surface area contributed by atoms with Crippen LogP contribution in [0.1, 0.15) is 44.1 Å². The Bertz CT molecular complexity index is 1470. The number of nitro benzene ring substituents is 1. The number of nitrogens with one attached hydrogen (secondary N) is 2. The average molecular weight is 546 g/mol. The lowest BCUT2D eigenvalue weighted by atomic mass is 9.96. The third-order valence-corrected chi connectivity index (χ3v) is 8.68. The normalized spacial score (nSPS) is 24.3. The van der Waals surface area contributed by atoms with E-state index in [1.54, 1.807) is 29.2 Å². The zero-order valence-corrected chi connectivity index (χ0v) is 22.1. The molecule has 208 valence electrons. The summed E-state index contributed by atoms with van der Waals surface area (Å²) < 4.78 is 13.6. The van der Waals surface area contributed by atoms with Gasteiger partial charge < -0.3 is 15.5 Å². The number of rotatable bonds is 6. The second kappa shape index (κ2) is 10.8. The predicted molar refractivity (Wildman–Crippen MR) is 149 cm³/mol. The maximum absolute atomic E-state index is 13.6. The molecule has 40 heavy (non-hydrogen) atoms. The quantitative estimate of drug-likeness (QED) is 0.327. The first kappa shape index (κ1) is 26.2. The highest BCUT2D eigenvalue weighted by Crippen LogP contribution is 2.37. The summed E-state index contributed by atoms with van der Waals surface area (Å²) in [5, 5.41) is 19.1. The summed E-state index contributed by atoms with van der Waals surface area (Å²) >= 11 is 0. The van der Waals surface area contributed by atoms with Gasteiger partial charge in [0.1, 0.15) is 17.5 Å². The molecule has 2 N–H and O–H groups in total. The number of hydrogen-bond donors (Lipinski definition) is 2. The topological polar surface area (TPSA) is 108 Å². The number of urea groups is 1. The maximum atomic E-state index is 13.6. The van der Waals surface area contributed by atoms with Gasteiger partial charge in [0.15, 0.2) is 0 Å². The number of amides is 3. The SMILES string of the molecule is O=C(Nc1ccccc1[N+](=O)[O-])[C@@H]1CCCN1C(=O)NC1CC[C@H]2CC[C@@H]1N2Cc1ccc2cc(F)ccc2c1. The second-order valence-electron chi connectivity index (χ2n) is 11.0. The molecule has 0 radical (unpaired) electrons. The molecule has 2 bridgehead atoms. The third kappa shape index (κ3) is 5.11. The summed E-state index contributed by atoms with van der Waals surface area (Å²) in [5.41, 5.74) is 1.11. The summed E-state index contributed by atoms with van der Waals surface area (Å²) in [6.07, 6.45) is 5.15. The number of carbonyl (C=O) groups excluding carboxylic acids is 2. The van der Waals surface area contributed by atoms with Crippen LogP contribution in [0.25, 0.3) is 10.8 Å². The van der Waals surface area contributed by atoms with Crippen molar-refractivity contribution < 1.29 is 18.9 Å². The number of nitrogens with zero attached hydrogens (tertiary/aromatic N) is 3. The van der Waals surface area contributed by atoms with Crippen LogP contribution in [0.4, 0.5) is 20.6 Å². The van der Waals surface area contributed by atoms with Crippen LogP contribution in [0.2, 0.25) is 0 Å². The van der Waals surface area contributed by atoms with Gasteiger partial charge in [-0.15, -0.1) is 0 Å². The summed E-state index contributed by atoms with van der Waals surface area (Å²) in [4.78, 5) is 41.4. The van der Waals surface area contributed by atoms with Crippen molar-refractivity contribution in [1.29, 1.82) is 0 Å². The summed E-state index contributed by atoms with van der Waals surface area (Å²) in [5.74, 6) is -0.656. The molecule has 3 saturated heterocycles. The smallest absolute Gasteiger partial charge is 0.318 e. The number of para-hydroxylation sites is 2. The Morgan fingerprint density at radius 2 is 1.75 bits per heavy atom. The number of anilines is 1. The van der Waals surface area contributed by atoms with E-state index in [9.17, 15) is 24.1 Å². The predicted octanol–water partition coefficient (Wildman–Crippen LogP) is 5.20. The minimum atomic E-state index is -0.682. The van der Waals surface area contributed by atoms with Crippen LogP contribution >= 0.6 is 0 Å². The molecule has 1 unspecified atom stereocenters. The third-order valence-electron chi connectivity index (χ3n) is 8.68. The van der Waals surface area contributed by atoms with Crippen molar-refractivity contribution in [2.45, 2.75) is 69.2 Å². The van der Waals surface area contributed by atoms with Crippen LogP contribution in [0, 0.1) is 15.9 Å². The Kier molecular flexibility index (Phi) is 7.10. The Morgan fingerprint density at radius 1 is 0.975 bits per heavy atom. The van der Waals surface area contributed by atoms with E-state index in [0.29, 0.717) is 25.4 Å². The van der Waals surface area contributed by atoms with E-state index in [1.165, 1.54) is 18.2 Å². The molecule has 0 saturated carbocycles. The van der Waals surface area contributed by atoms with Crippen molar-refractivity contribution in [2.75, 3.05) is 11.9 Å². The standard InChI is InChI=1S/C30H32FN5O4/c31-22-10-9-20-16-19(7-8-21(20)17-22)18-35-23-11-13-25(26(35)14-12-23)33-30(38)34-15-3-6-28(34)29(37)32-24-4-1-2-5-27(24)36(39)40/h1-2,4-5,7-10,16-17,23,25-26,28H,3,6,11-15,18H2,(H,32,37)(H,33,38)/t23-,25?,26-,28-/m0/s1. The average Bonchev–Trinajstić information content (AvgIpc) is 3.54. The van der Waals surface area contributed by atoms with Gasteiger partial charge >= 0.3 is 6.03 Å². The monoisotopic (exact) mass is 545 g/mol. The molecular weight excluding hydrogens is 513 g/mol. The largest absolute Gasteiger partial charge is 0.334 e. The molecule has 3 aromatic carbocycles. The van der Waals surface area contributed by atoms with Crippen LogP contribution in [0.15, 0.2) is 60.7 Å². The van der Waals surface area contributed by atoms with E-state index >= 15 is 0 Å². The lowest BCUT2D eigenvalue weighted by Crippen LogP contribution is -2.57. The molecule has 0 spiro atoms. The number of likely N-dealkylation sites (tertiary alicyclic amines) is 1. The van der Waals surface area contributed by atoms with Crippen molar-refractivity contribution in [3.05, 3.63) is 82.2 Å². The van der Waals surface area contributed by atoms with Gasteiger partial charge in [0, 0.05) is 37.3 Å². The van der Waals surface area contributed by atoms with E-state index < -0.39 is 16.9 Å². The number of hydrogen-bond acceptors (Lipinski definition) is 5. The van der Waals surface area contributed by atoms with E-state index in [-0.39, 0.29) is 35.3 Å². The van der Waals surface area contributed by atoms with Gasteiger partial charge in [-0.25, -0.2) is 9.18 Å². The molecule has 9 nitrogen and oxygen atoms in total.